The van der Waals surface area contributed by atoms with E-state index in [1.165, 1.54) is 5.56 Å². The number of esters is 1. The van der Waals surface area contributed by atoms with Crippen LogP contribution in [0, 0.1) is 5.92 Å². The van der Waals surface area contributed by atoms with Crippen LogP contribution in [0.15, 0.2) is 24.3 Å². The van der Waals surface area contributed by atoms with Crippen molar-refractivity contribution < 1.29 is 23.9 Å². The molecule has 3 rings (SSSR count). The van der Waals surface area contributed by atoms with Gasteiger partial charge in [-0.25, -0.2) is 4.79 Å². The number of amides is 4. The Morgan fingerprint density at radius 3 is 2.77 bits per heavy atom. The van der Waals surface area contributed by atoms with Gasteiger partial charge < -0.3 is 15.4 Å². The minimum Gasteiger partial charge on any atom is -0.454 e. The maximum atomic E-state index is 12.7. The van der Waals surface area contributed by atoms with Gasteiger partial charge in [0, 0.05) is 0 Å². The van der Waals surface area contributed by atoms with E-state index in [4.69, 9.17) is 4.74 Å². The molecule has 0 saturated carbocycles. The summed E-state index contributed by atoms with van der Waals surface area (Å²) < 4.78 is 5.03. The van der Waals surface area contributed by atoms with E-state index in [-0.39, 0.29) is 6.04 Å². The lowest BCUT2D eigenvalue weighted by molar-refractivity contribution is -0.151. The third-order valence-electron chi connectivity index (χ3n) is 5.92. The average Bonchev–Trinajstić information content (AvgIpc) is 2.94. The van der Waals surface area contributed by atoms with Crippen molar-refractivity contribution in [3.8, 4) is 0 Å². The van der Waals surface area contributed by atoms with Gasteiger partial charge in [-0.2, -0.15) is 0 Å². The number of carbonyl (C=O) groups excluding carboxylic acids is 4. The molecule has 2 atom stereocenters. The summed E-state index contributed by atoms with van der Waals surface area (Å²) in [7, 11) is 0. The molecule has 1 aliphatic carbocycles. The number of aryl methyl sites for hydroxylation is 1. The summed E-state index contributed by atoms with van der Waals surface area (Å²) in [5.74, 6) is -1.27. The Morgan fingerprint density at radius 1 is 1.29 bits per heavy atom. The van der Waals surface area contributed by atoms with Crippen LogP contribution in [0.25, 0.3) is 0 Å². The van der Waals surface area contributed by atoms with E-state index in [2.05, 4.69) is 16.7 Å². The van der Waals surface area contributed by atoms with Crippen LogP contribution in [0.3, 0.4) is 0 Å². The monoisotopic (exact) mass is 429 g/mol. The van der Waals surface area contributed by atoms with E-state index in [1.54, 1.807) is 6.92 Å². The molecule has 0 spiro atoms. The topological polar surface area (TPSA) is 105 Å². The number of hydrogen-bond acceptors (Lipinski definition) is 5. The van der Waals surface area contributed by atoms with Gasteiger partial charge in [0.25, 0.3) is 11.8 Å². The number of nitrogens with one attached hydrogen (secondary N) is 2. The van der Waals surface area contributed by atoms with Crippen molar-refractivity contribution in [2.45, 2.75) is 64.5 Å². The Balaban J connectivity index is 1.49. The zero-order valence-corrected chi connectivity index (χ0v) is 18.4. The second-order valence-corrected chi connectivity index (χ2v) is 8.96. The molecule has 1 saturated heterocycles. The van der Waals surface area contributed by atoms with Gasteiger partial charge in [0.2, 0.25) is 0 Å². The molecule has 0 unspecified atom stereocenters. The minimum atomic E-state index is -1.02. The highest BCUT2D eigenvalue weighted by molar-refractivity contribution is 6.08. The number of benzene rings is 1. The zero-order chi connectivity index (χ0) is 22.6. The first-order valence-corrected chi connectivity index (χ1v) is 10.9. The van der Waals surface area contributed by atoms with Crippen LogP contribution < -0.4 is 10.6 Å². The summed E-state index contributed by atoms with van der Waals surface area (Å²) in [6.45, 7) is 4.77. The summed E-state index contributed by atoms with van der Waals surface area (Å²) in [6.07, 6.45) is 4.05. The quantitative estimate of drug-likeness (QED) is 0.488. The van der Waals surface area contributed by atoms with Crippen LogP contribution in [-0.2, 0) is 25.5 Å². The highest BCUT2D eigenvalue weighted by Gasteiger charge is 2.48. The fourth-order valence-corrected chi connectivity index (χ4v) is 4.10. The van der Waals surface area contributed by atoms with E-state index in [9.17, 15) is 19.2 Å². The van der Waals surface area contributed by atoms with Gasteiger partial charge in [-0.15, -0.1) is 0 Å². The molecule has 1 fully saturated rings. The van der Waals surface area contributed by atoms with Crippen LogP contribution in [0.2, 0.25) is 0 Å². The largest absolute Gasteiger partial charge is 0.454 e. The van der Waals surface area contributed by atoms with Crippen LogP contribution >= 0.6 is 0 Å². The number of fused-ring (bicyclic) bond motifs is 1. The number of imide groups is 1. The smallest absolute Gasteiger partial charge is 0.326 e. The Kier molecular flexibility index (Phi) is 6.97. The number of carbonyl (C=O) groups is 4. The SMILES string of the molecule is CC(C)CC[C@]1(C)NC(=O)N(CC(=O)OCC(=O)N[C@@H]2CCCc3ccccc32)C1=O. The predicted molar refractivity (Wildman–Crippen MR) is 114 cm³/mol. The molecule has 1 heterocycles. The molecule has 1 aromatic rings. The Labute approximate surface area is 182 Å². The van der Waals surface area contributed by atoms with E-state index < -0.39 is 42.5 Å². The highest BCUT2D eigenvalue weighted by atomic mass is 16.5. The lowest BCUT2D eigenvalue weighted by Crippen LogP contribution is -2.44. The molecule has 0 radical (unpaired) electrons. The lowest BCUT2D eigenvalue weighted by atomic mass is 9.88. The molecule has 31 heavy (non-hydrogen) atoms. The average molecular weight is 430 g/mol. The predicted octanol–water partition coefficient (Wildman–Crippen LogP) is 2.47. The van der Waals surface area contributed by atoms with Gasteiger partial charge in [0.05, 0.1) is 6.04 Å². The summed E-state index contributed by atoms with van der Waals surface area (Å²) in [5, 5.41) is 5.58. The van der Waals surface area contributed by atoms with Crippen molar-refractivity contribution in [3.63, 3.8) is 0 Å². The second-order valence-electron chi connectivity index (χ2n) is 8.96. The van der Waals surface area contributed by atoms with Crippen molar-refractivity contribution >= 4 is 23.8 Å². The molecule has 0 aromatic heterocycles. The standard InChI is InChI=1S/C23H31N3O5/c1-15(2)11-12-23(3)21(29)26(22(30)25-23)13-20(28)31-14-19(27)24-18-10-6-8-16-7-4-5-9-17(16)18/h4-5,7,9,15,18H,6,8,10-14H2,1-3H3,(H,24,27)(H,25,30)/t18-,23+/m1/s1. The minimum absolute atomic E-state index is 0.108. The zero-order valence-electron chi connectivity index (χ0n) is 18.4. The molecule has 8 nitrogen and oxygen atoms in total. The highest BCUT2D eigenvalue weighted by Crippen LogP contribution is 2.29. The molecule has 4 amide bonds. The van der Waals surface area contributed by atoms with Crippen molar-refractivity contribution in [2.24, 2.45) is 5.92 Å². The lowest BCUT2D eigenvalue weighted by Gasteiger charge is -2.26. The van der Waals surface area contributed by atoms with Crippen molar-refractivity contribution in [1.82, 2.24) is 15.5 Å². The Bertz CT molecular complexity index is 869. The number of ether oxygens (including phenoxy) is 1. The first-order chi connectivity index (χ1) is 14.7. The van der Waals surface area contributed by atoms with Crippen molar-refractivity contribution in [2.75, 3.05) is 13.2 Å². The van der Waals surface area contributed by atoms with E-state index >= 15 is 0 Å². The molecule has 0 bridgehead atoms. The molecular weight excluding hydrogens is 398 g/mol. The molecule has 1 aromatic carbocycles. The second kappa shape index (κ2) is 9.49. The van der Waals surface area contributed by atoms with Crippen molar-refractivity contribution in [3.05, 3.63) is 35.4 Å². The molecule has 8 heteroatoms. The fraction of sp³-hybridized carbons (Fsp3) is 0.565. The Morgan fingerprint density at radius 2 is 2.03 bits per heavy atom. The maximum Gasteiger partial charge on any atom is 0.326 e. The fourth-order valence-electron chi connectivity index (χ4n) is 4.10. The number of nitrogens with zero attached hydrogens (tertiary/aromatic N) is 1. The van der Waals surface area contributed by atoms with Crippen LogP contribution in [-0.4, -0.2) is 47.4 Å². The molecule has 2 aliphatic rings. The van der Waals surface area contributed by atoms with Gasteiger partial charge >= 0.3 is 12.0 Å². The maximum absolute atomic E-state index is 12.7. The van der Waals surface area contributed by atoms with E-state index in [0.717, 1.165) is 36.1 Å². The van der Waals surface area contributed by atoms with Gasteiger partial charge in [0.1, 0.15) is 12.1 Å². The molecule has 2 N–H and O–H groups in total. The van der Waals surface area contributed by atoms with Gasteiger partial charge in [0.15, 0.2) is 6.61 Å². The summed E-state index contributed by atoms with van der Waals surface area (Å²) in [4.78, 5) is 50.2. The van der Waals surface area contributed by atoms with E-state index in [1.807, 2.05) is 32.0 Å². The first kappa shape index (κ1) is 22.8. The first-order valence-electron chi connectivity index (χ1n) is 10.9. The van der Waals surface area contributed by atoms with Crippen molar-refractivity contribution in [1.29, 1.82) is 0 Å². The van der Waals surface area contributed by atoms with Gasteiger partial charge in [-0.05, 0) is 56.1 Å². The van der Waals surface area contributed by atoms with Crippen LogP contribution in [0.1, 0.15) is 63.6 Å². The summed E-state index contributed by atoms with van der Waals surface area (Å²) >= 11 is 0. The normalized spacial score (nSPS) is 22.8. The van der Waals surface area contributed by atoms with Gasteiger partial charge in [-0.1, -0.05) is 38.1 Å². The Hall–Kier alpha value is -2.90. The third-order valence-corrected chi connectivity index (χ3v) is 5.92. The number of hydrogen-bond donors (Lipinski definition) is 2. The summed E-state index contributed by atoms with van der Waals surface area (Å²) in [5.41, 5.74) is 1.29. The molecular formula is C23H31N3O5. The molecule has 168 valence electrons. The van der Waals surface area contributed by atoms with Crippen LogP contribution in [0.5, 0.6) is 0 Å². The summed E-state index contributed by atoms with van der Waals surface area (Å²) in [6, 6.07) is 7.26. The van der Waals surface area contributed by atoms with Crippen LogP contribution in [0.4, 0.5) is 4.79 Å². The third kappa shape index (κ3) is 5.42. The number of urea groups is 1. The van der Waals surface area contributed by atoms with E-state index in [0.29, 0.717) is 12.3 Å². The van der Waals surface area contributed by atoms with Gasteiger partial charge in [-0.3, -0.25) is 19.3 Å². The number of rotatable bonds is 8. The molecule has 1 aliphatic heterocycles.